The predicted molar refractivity (Wildman–Crippen MR) is 334 cm³/mol. The summed E-state index contributed by atoms with van der Waals surface area (Å²) in [5.74, 6) is -10.9. The summed E-state index contributed by atoms with van der Waals surface area (Å²) in [6.45, 7) is 8.38. The van der Waals surface area contributed by atoms with Crippen LogP contribution in [0.3, 0.4) is 0 Å². The number of hydrogen-bond donors (Lipinski definition) is 0. The molecule has 26 nitrogen and oxygen atoms in total. The van der Waals surface area contributed by atoms with Gasteiger partial charge in [0.25, 0.3) is 88.6 Å². The molecule has 16 amide bonds. The van der Waals surface area contributed by atoms with Crippen LogP contribution in [0.1, 0.15) is 50.3 Å². The van der Waals surface area contributed by atoms with E-state index in [-0.39, 0.29) is 95.3 Å². The third-order valence-corrected chi connectivity index (χ3v) is 14.2. The zero-order chi connectivity index (χ0) is 72.5. The van der Waals surface area contributed by atoms with Crippen LogP contribution in [-0.2, 0) is 86.3 Å². The Balaban J connectivity index is 0.000000235. The average Bonchev–Trinajstić information content (AvgIpc) is 1.62. The van der Waals surface area contributed by atoms with Crippen molar-refractivity contribution in [1.29, 1.82) is 0 Å². The maximum absolute atomic E-state index is 12.3. The summed E-state index contributed by atoms with van der Waals surface area (Å²) in [6, 6.07) is 27.8. The van der Waals surface area contributed by atoms with Gasteiger partial charge in [-0.2, -0.15) is 8.78 Å². The van der Waals surface area contributed by atoms with E-state index in [0.29, 0.717) is 50.0 Å². The first-order chi connectivity index (χ1) is 44.9. The van der Waals surface area contributed by atoms with Crippen molar-refractivity contribution < 1.29 is 99.5 Å². The lowest BCUT2D eigenvalue weighted by Crippen LogP contribution is -2.26. The van der Waals surface area contributed by atoms with Crippen molar-refractivity contribution >= 4 is 123 Å². The van der Waals surface area contributed by atoms with Crippen molar-refractivity contribution in [2.75, 3.05) is 56.4 Å². The van der Waals surface area contributed by atoms with Crippen molar-refractivity contribution in [3.05, 3.63) is 197 Å². The lowest BCUT2D eigenvalue weighted by molar-refractivity contribution is -0.138. The summed E-state index contributed by atoms with van der Waals surface area (Å²) in [6.07, 6.45) is 8.77. The van der Waals surface area contributed by atoms with E-state index >= 15 is 0 Å². The molecule has 0 atom stereocenters. The number of halogens is 3. The minimum absolute atomic E-state index is 0.0787. The van der Waals surface area contributed by atoms with Gasteiger partial charge >= 0.3 is 0 Å². The molecule has 1 aliphatic carbocycles. The fourth-order valence-electron chi connectivity index (χ4n) is 8.18. The van der Waals surface area contributed by atoms with Crippen molar-refractivity contribution in [3.8, 4) is 0 Å². The first-order valence-electron chi connectivity index (χ1n) is 27.9. The minimum Gasteiger partial charge on any atom is -0.294 e. The lowest BCUT2D eigenvalue weighted by Gasteiger charge is -2.06. The average molecular weight is 1320 g/mol. The molecule has 3 aromatic rings. The number of carbonyl (C=O) groups excluding carboxylic acids is 18. The third-order valence-electron chi connectivity index (χ3n) is 14.2. The van der Waals surface area contributed by atoms with E-state index < -0.39 is 41.1 Å². The highest BCUT2D eigenvalue weighted by atomic mass is 19.2. The van der Waals surface area contributed by atoms with E-state index in [1.807, 2.05) is 91.0 Å². The number of likely N-dealkylation sites (N-methyl/N-ethyl adjacent to an activating group) is 8. The summed E-state index contributed by atoms with van der Waals surface area (Å²) in [5, 5.41) is 0. The van der Waals surface area contributed by atoms with Gasteiger partial charge in [-0.3, -0.25) is 126 Å². The SMILES string of the molecule is C=C1CC(=O)N(C)C1=O.CC1=C(C)C(=O)N(C)C1=O.CC1=CC(=O)N(C)C1=O.CN1C(=O)C(F)=C(F)C1=O.CN1C(=O)C(c2ccccc2)=C(c2ccccc2)C1=O.CN1C(=O)C=C(F)C1=O.CN1C(=O)C=C(c2ccccc2)C1=O.CN1C(=O)C=CC1=O.O=C1C=CC(=O)C1. The molecule has 498 valence electrons. The molecular weight excluding hydrogens is 1260 g/mol. The number of benzene rings is 3. The number of hydrogen-bond acceptors (Lipinski definition) is 18. The first kappa shape index (κ1) is 76.0. The predicted octanol–water partition coefficient (Wildman–Crippen LogP) is 3.45. The van der Waals surface area contributed by atoms with Crippen LogP contribution in [0.4, 0.5) is 13.2 Å². The Bertz CT molecular complexity index is 3900. The maximum atomic E-state index is 12.3. The second kappa shape index (κ2) is 33.2. The molecule has 0 spiro atoms. The Morgan fingerprint density at radius 1 is 0.323 bits per heavy atom. The molecular formula is C67H61F3N8O18. The van der Waals surface area contributed by atoms with Crippen LogP contribution in [0.15, 0.2) is 180 Å². The Hall–Kier alpha value is -12.4. The number of amides is 16. The largest absolute Gasteiger partial charge is 0.294 e. The molecule has 0 saturated carbocycles. The zero-order valence-corrected chi connectivity index (χ0v) is 53.4. The first-order valence-corrected chi connectivity index (χ1v) is 27.9. The second-order valence-electron chi connectivity index (χ2n) is 20.8. The highest BCUT2D eigenvalue weighted by Crippen LogP contribution is 2.35. The van der Waals surface area contributed by atoms with Gasteiger partial charge in [-0.25, -0.2) is 4.39 Å². The Morgan fingerprint density at radius 2 is 0.677 bits per heavy atom. The lowest BCUT2D eigenvalue weighted by atomic mass is 9.96. The van der Waals surface area contributed by atoms with Gasteiger partial charge in [-0.1, -0.05) is 97.6 Å². The summed E-state index contributed by atoms with van der Waals surface area (Å²) in [5.41, 5.74) is 5.79. The smallest absolute Gasteiger partial charge is 0.292 e. The van der Waals surface area contributed by atoms with Gasteiger partial charge in [0.1, 0.15) is 0 Å². The van der Waals surface area contributed by atoms with Crippen molar-refractivity contribution in [1.82, 2.24) is 39.2 Å². The van der Waals surface area contributed by atoms with Gasteiger partial charge < -0.3 is 0 Å². The topological polar surface area (TPSA) is 333 Å². The van der Waals surface area contributed by atoms with Crippen LogP contribution in [0.25, 0.3) is 16.7 Å². The molecule has 1 saturated heterocycles. The van der Waals surface area contributed by atoms with Crippen LogP contribution >= 0.6 is 0 Å². The van der Waals surface area contributed by atoms with E-state index in [9.17, 15) is 99.5 Å². The quantitative estimate of drug-likeness (QED) is 0.206. The van der Waals surface area contributed by atoms with Gasteiger partial charge in [-0.05, 0) is 49.6 Å². The van der Waals surface area contributed by atoms with Crippen LogP contribution in [0.2, 0.25) is 0 Å². The third kappa shape index (κ3) is 18.4. The minimum atomic E-state index is -1.60. The molecule has 3 aromatic carbocycles. The van der Waals surface area contributed by atoms with Crippen molar-refractivity contribution in [3.63, 3.8) is 0 Å². The molecule has 29 heteroatoms. The van der Waals surface area contributed by atoms with E-state index in [1.54, 1.807) is 20.8 Å². The van der Waals surface area contributed by atoms with Crippen LogP contribution in [0, 0.1) is 0 Å². The molecule has 1 fully saturated rings. The zero-order valence-electron chi connectivity index (χ0n) is 53.4. The highest BCUT2D eigenvalue weighted by Gasteiger charge is 2.39. The number of carbonyl (C=O) groups is 18. The van der Waals surface area contributed by atoms with Gasteiger partial charge in [0, 0.05) is 109 Å². The standard InChI is InChI=1S/C17H13NO2.C11H9NO2.C7H9NO2.2C6H7NO2.C5H3F2NO2.C5H4FNO2.C5H5NO2.C5H4O2/c1-18-16(19)14(12-8-4-2-5-9-12)15(17(18)20)13-10-6-3-7-11-13;1-12-10(13)7-9(11(12)14)8-5-3-2-4-6-8;1-4-5(2)7(10)8(3)6(4)9;2*1-4-3-5(8)7(2)6(4)9;1-8-4(9)2(6)3(7)5(8)10;1-7-4(8)2-3(6)5(7)9;1-6-4(7)2-3-5(6)8;6-4-1-2-5(7)3-4/h2-11H,1H3;2-7H,1H3;1-3H3;3H,1-2H3;1,3H2,2H3;1H3;2H,1H3;2-3H,1H3;1-2H,3H2. The summed E-state index contributed by atoms with van der Waals surface area (Å²) < 4.78 is 36.3. The summed E-state index contributed by atoms with van der Waals surface area (Å²) in [7, 11) is 11.1. The molecule has 8 heterocycles. The van der Waals surface area contributed by atoms with Gasteiger partial charge in [0.15, 0.2) is 17.4 Å². The maximum Gasteiger partial charge on any atom is 0.292 e. The molecule has 0 N–H and O–H groups in total. The van der Waals surface area contributed by atoms with Gasteiger partial charge in [-0.15, -0.1) is 0 Å². The summed E-state index contributed by atoms with van der Waals surface area (Å²) >= 11 is 0. The van der Waals surface area contributed by atoms with E-state index in [2.05, 4.69) is 6.58 Å². The van der Waals surface area contributed by atoms with Crippen LogP contribution in [0.5, 0.6) is 0 Å². The fraction of sp³-hybridized carbons (Fsp3) is 0.194. The van der Waals surface area contributed by atoms with E-state index in [0.717, 1.165) is 53.1 Å². The van der Waals surface area contributed by atoms with Crippen LogP contribution < -0.4 is 0 Å². The number of likely N-dealkylation sites (tertiary alicyclic amines) is 1. The monoisotopic (exact) mass is 1320 g/mol. The molecule has 0 aromatic heterocycles. The van der Waals surface area contributed by atoms with E-state index in [4.69, 9.17) is 0 Å². The normalized spacial score (nSPS) is 17.8. The Morgan fingerprint density at radius 3 is 0.875 bits per heavy atom. The molecule has 0 radical (unpaired) electrons. The molecule has 12 rings (SSSR count). The van der Waals surface area contributed by atoms with Gasteiger partial charge in [0.05, 0.1) is 29.6 Å². The number of imide groups is 8. The number of ketones is 2. The Labute approximate surface area is 546 Å². The second-order valence-corrected chi connectivity index (χ2v) is 20.8. The molecule has 0 bridgehead atoms. The number of allylic oxidation sites excluding steroid dienone is 2. The van der Waals surface area contributed by atoms with Gasteiger partial charge in [0.2, 0.25) is 17.6 Å². The molecule has 8 aliphatic heterocycles. The molecule has 9 aliphatic rings. The molecule has 96 heavy (non-hydrogen) atoms. The highest BCUT2D eigenvalue weighted by molar-refractivity contribution is 6.49. The molecule has 0 unspecified atom stereocenters. The van der Waals surface area contributed by atoms with Crippen molar-refractivity contribution in [2.45, 2.75) is 33.6 Å². The number of nitrogens with zero attached hydrogens (tertiary/aromatic N) is 8. The fourth-order valence-corrected chi connectivity index (χ4v) is 8.18. The van der Waals surface area contributed by atoms with Crippen LogP contribution in [-0.4, -0.2) is 202 Å². The van der Waals surface area contributed by atoms with E-state index in [1.165, 1.54) is 90.7 Å². The number of rotatable bonds is 3. The van der Waals surface area contributed by atoms with Crippen molar-refractivity contribution in [2.24, 2.45) is 0 Å². The summed E-state index contributed by atoms with van der Waals surface area (Å²) in [4.78, 5) is 202. The Kier molecular flexibility index (Phi) is 26.3.